The number of alkyl halides is 1. The highest BCUT2D eigenvalue weighted by Crippen LogP contribution is 2.19. The van der Waals surface area contributed by atoms with E-state index in [-0.39, 0.29) is 0 Å². The van der Waals surface area contributed by atoms with Crippen LogP contribution in [0.2, 0.25) is 0 Å². The first-order valence-corrected chi connectivity index (χ1v) is 4.95. The smallest absolute Gasteiger partial charge is 0.114 e. The van der Waals surface area contributed by atoms with Crippen molar-refractivity contribution in [2.24, 2.45) is 0 Å². The predicted molar refractivity (Wildman–Crippen MR) is 47.0 cm³/mol. The van der Waals surface area contributed by atoms with Gasteiger partial charge in [0.1, 0.15) is 6.17 Å². The van der Waals surface area contributed by atoms with Crippen molar-refractivity contribution in [3.05, 3.63) is 0 Å². The molecule has 0 saturated carbocycles. The van der Waals surface area contributed by atoms with Crippen molar-refractivity contribution in [2.75, 3.05) is 26.2 Å². The van der Waals surface area contributed by atoms with Crippen molar-refractivity contribution in [1.29, 1.82) is 0 Å². The van der Waals surface area contributed by atoms with Crippen LogP contribution in [0.3, 0.4) is 0 Å². The number of nitrogens with zero attached hydrogens (tertiary/aromatic N) is 1. The maximum Gasteiger partial charge on any atom is 0.114 e. The van der Waals surface area contributed by atoms with Crippen molar-refractivity contribution in [3.63, 3.8) is 0 Å². The van der Waals surface area contributed by atoms with E-state index in [4.69, 9.17) is 0 Å². The summed E-state index contributed by atoms with van der Waals surface area (Å²) >= 11 is 0. The molecule has 1 atom stereocenters. The molecule has 1 N–H and O–H groups in total. The Labute approximate surface area is 73.1 Å². The summed E-state index contributed by atoms with van der Waals surface area (Å²) in [6.45, 7) is 3.88. The molecule has 2 rings (SSSR count). The van der Waals surface area contributed by atoms with E-state index in [1.54, 1.807) is 0 Å². The van der Waals surface area contributed by atoms with Gasteiger partial charge in [-0.3, -0.25) is 4.90 Å². The molecule has 0 amide bonds. The Morgan fingerprint density at radius 1 is 1.17 bits per heavy atom. The standard InChI is InChI=1S/C9H17FN2/c10-8-3-6-12(7-8)9-1-4-11-5-2-9/h8-9,11H,1-7H2/t8-/m1/s1. The molecule has 2 aliphatic heterocycles. The number of halogens is 1. The van der Waals surface area contributed by atoms with Crippen LogP contribution in [0.4, 0.5) is 4.39 Å². The molecule has 2 heterocycles. The minimum Gasteiger partial charge on any atom is -0.317 e. The number of rotatable bonds is 1. The first-order chi connectivity index (χ1) is 5.86. The van der Waals surface area contributed by atoms with Crippen molar-refractivity contribution in [1.82, 2.24) is 10.2 Å². The van der Waals surface area contributed by atoms with Crippen LogP contribution < -0.4 is 5.32 Å². The topological polar surface area (TPSA) is 15.3 Å². The molecule has 2 fully saturated rings. The van der Waals surface area contributed by atoms with Crippen LogP contribution in [0.15, 0.2) is 0 Å². The van der Waals surface area contributed by atoms with E-state index in [1.807, 2.05) is 0 Å². The number of nitrogens with one attached hydrogen (secondary N) is 1. The molecule has 0 aromatic rings. The maximum atomic E-state index is 12.9. The third-order valence-electron chi connectivity index (χ3n) is 2.99. The van der Waals surface area contributed by atoms with Gasteiger partial charge < -0.3 is 5.32 Å². The van der Waals surface area contributed by atoms with Gasteiger partial charge >= 0.3 is 0 Å². The van der Waals surface area contributed by atoms with Gasteiger partial charge in [-0.15, -0.1) is 0 Å². The van der Waals surface area contributed by atoms with Gasteiger partial charge in [-0.25, -0.2) is 4.39 Å². The molecule has 3 heteroatoms. The lowest BCUT2D eigenvalue weighted by Crippen LogP contribution is -2.42. The number of hydrogen-bond donors (Lipinski definition) is 1. The van der Waals surface area contributed by atoms with Crippen LogP contribution >= 0.6 is 0 Å². The summed E-state index contributed by atoms with van der Waals surface area (Å²) in [5.74, 6) is 0. The fraction of sp³-hybridized carbons (Fsp3) is 1.00. The van der Waals surface area contributed by atoms with Gasteiger partial charge in [-0.05, 0) is 32.4 Å². The van der Waals surface area contributed by atoms with E-state index in [1.165, 1.54) is 12.8 Å². The van der Waals surface area contributed by atoms with Crippen LogP contribution in [-0.4, -0.2) is 43.3 Å². The highest BCUT2D eigenvalue weighted by atomic mass is 19.1. The number of likely N-dealkylation sites (tertiary alicyclic amines) is 1. The average Bonchev–Trinajstić information content (AvgIpc) is 2.54. The Balaban J connectivity index is 1.83. The van der Waals surface area contributed by atoms with E-state index in [9.17, 15) is 4.39 Å². The van der Waals surface area contributed by atoms with Crippen molar-refractivity contribution in [3.8, 4) is 0 Å². The average molecular weight is 172 g/mol. The number of piperidine rings is 1. The Kier molecular flexibility index (Phi) is 2.61. The second kappa shape index (κ2) is 3.71. The predicted octanol–water partition coefficient (Wildman–Crippen LogP) is 0.782. The van der Waals surface area contributed by atoms with Crippen molar-refractivity contribution < 1.29 is 4.39 Å². The largest absolute Gasteiger partial charge is 0.317 e. The second-order valence-corrected chi connectivity index (χ2v) is 3.86. The Morgan fingerprint density at radius 2 is 1.92 bits per heavy atom. The van der Waals surface area contributed by atoms with Crippen LogP contribution in [0, 0.1) is 0 Å². The molecule has 70 valence electrons. The summed E-state index contributed by atoms with van der Waals surface area (Å²) in [6.07, 6.45) is 2.60. The monoisotopic (exact) mass is 172 g/mol. The molecule has 0 aromatic carbocycles. The van der Waals surface area contributed by atoms with Crippen LogP contribution in [0.1, 0.15) is 19.3 Å². The van der Waals surface area contributed by atoms with Crippen molar-refractivity contribution >= 4 is 0 Å². The zero-order valence-corrected chi connectivity index (χ0v) is 7.43. The lowest BCUT2D eigenvalue weighted by atomic mass is 10.1. The molecular formula is C9H17FN2. The molecule has 12 heavy (non-hydrogen) atoms. The lowest BCUT2D eigenvalue weighted by molar-refractivity contribution is 0.184. The highest BCUT2D eigenvalue weighted by molar-refractivity contribution is 4.84. The molecule has 0 unspecified atom stereocenters. The third-order valence-corrected chi connectivity index (χ3v) is 2.99. The van der Waals surface area contributed by atoms with Gasteiger partial charge in [-0.1, -0.05) is 0 Å². The van der Waals surface area contributed by atoms with Crippen LogP contribution in [0.5, 0.6) is 0 Å². The van der Waals surface area contributed by atoms with E-state index in [0.29, 0.717) is 12.6 Å². The zero-order chi connectivity index (χ0) is 8.39. The molecule has 0 bridgehead atoms. The SMILES string of the molecule is F[C@@H]1CCN(C2CCNCC2)C1. The van der Waals surface area contributed by atoms with E-state index < -0.39 is 6.17 Å². The number of hydrogen-bond acceptors (Lipinski definition) is 2. The molecule has 0 radical (unpaired) electrons. The van der Waals surface area contributed by atoms with Crippen molar-refractivity contribution in [2.45, 2.75) is 31.5 Å². The van der Waals surface area contributed by atoms with E-state index in [2.05, 4.69) is 10.2 Å². The Morgan fingerprint density at radius 3 is 2.50 bits per heavy atom. The third kappa shape index (κ3) is 1.77. The minimum absolute atomic E-state index is 0.556. The second-order valence-electron chi connectivity index (χ2n) is 3.86. The minimum atomic E-state index is -0.556. The summed E-state index contributed by atoms with van der Waals surface area (Å²) in [5, 5.41) is 3.33. The summed E-state index contributed by atoms with van der Waals surface area (Å²) in [5.41, 5.74) is 0. The fourth-order valence-electron chi connectivity index (χ4n) is 2.25. The Bertz CT molecular complexity index is 143. The molecule has 2 aliphatic rings. The van der Waals surface area contributed by atoms with Gasteiger partial charge in [0.2, 0.25) is 0 Å². The lowest BCUT2D eigenvalue weighted by Gasteiger charge is -2.30. The molecular weight excluding hydrogens is 155 g/mol. The molecule has 0 aliphatic carbocycles. The first kappa shape index (κ1) is 8.45. The highest BCUT2D eigenvalue weighted by Gasteiger charge is 2.28. The quantitative estimate of drug-likeness (QED) is 0.629. The molecule has 0 spiro atoms. The fourth-order valence-corrected chi connectivity index (χ4v) is 2.25. The van der Waals surface area contributed by atoms with Gasteiger partial charge in [0.15, 0.2) is 0 Å². The Hall–Kier alpha value is -0.150. The summed E-state index contributed by atoms with van der Waals surface area (Å²) in [6, 6.07) is 0.659. The van der Waals surface area contributed by atoms with Gasteiger partial charge in [0, 0.05) is 19.1 Å². The van der Waals surface area contributed by atoms with E-state index >= 15 is 0 Å². The van der Waals surface area contributed by atoms with Crippen LogP contribution in [-0.2, 0) is 0 Å². The van der Waals surface area contributed by atoms with Gasteiger partial charge in [-0.2, -0.15) is 0 Å². The van der Waals surface area contributed by atoms with Gasteiger partial charge in [0.05, 0.1) is 0 Å². The first-order valence-electron chi connectivity index (χ1n) is 4.95. The normalized spacial score (nSPS) is 34.2. The molecule has 2 saturated heterocycles. The van der Waals surface area contributed by atoms with Gasteiger partial charge in [0.25, 0.3) is 0 Å². The van der Waals surface area contributed by atoms with Crippen LogP contribution in [0.25, 0.3) is 0 Å². The van der Waals surface area contributed by atoms with E-state index in [0.717, 1.165) is 26.1 Å². The molecule has 0 aromatic heterocycles. The maximum absolute atomic E-state index is 12.9. The summed E-state index contributed by atoms with van der Waals surface area (Å²) < 4.78 is 12.9. The molecule has 2 nitrogen and oxygen atoms in total. The summed E-state index contributed by atoms with van der Waals surface area (Å²) in [7, 11) is 0. The summed E-state index contributed by atoms with van der Waals surface area (Å²) in [4.78, 5) is 2.32. The zero-order valence-electron chi connectivity index (χ0n) is 7.43.